The number of aromatic nitrogens is 1. The fourth-order valence-electron chi connectivity index (χ4n) is 2.11. The lowest BCUT2D eigenvalue weighted by atomic mass is 9.95. The molecule has 1 N–H and O–H groups in total. The van der Waals surface area contributed by atoms with Gasteiger partial charge in [-0.2, -0.15) is 5.26 Å². The van der Waals surface area contributed by atoms with Crippen LogP contribution in [0.4, 0.5) is 0 Å². The number of para-hydroxylation sites is 1. The summed E-state index contributed by atoms with van der Waals surface area (Å²) in [7, 11) is 1.57. The predicted molar refractivity (Wildman–Crippen MR) is 73.2 cm³/mol. The molecule has 2 rings (SSSR count). The van der Waals surface area contributed by atoms with E-state index < -0.39 is 0 Å². The van der Waals surface area contributed by atoms with Crippen LogP contribution in [0.1, 0.15) is 16.8 Å². The van der Waals surface area contributed by atoms with E-state index in [1.807, 2.05) is 44.2 Å². The van der Waals surface area contributed by atoms with Crippen molar-refractivity contribution in [1.29, 1.82) is 5.26 Å². The zero-order valence-electron chi connectivity index (χ0n) is 11.1. The Balaban J connectivity index is 2.90. The Hall–Kier alpha value is -2.54. The van der Waals surface area contributed by atoms with Gasteiger partial charge in [0, 0.05) is 16.8 Å². The first-order valence-corrected chi connectivity index (χ1v) is 5.87. The van der Waals surface area contributed by atoms with Gasteiger partial charge in [0.25, 0.3) is 5.56 Å². The van der Waals surface area contributed by atoms with Crippen molar-refractivity contribution in [3.63, 3.8) is 0 Å². The van der Waals surface area contributed by atoms with E-state index in [1.165, 1.54) is 0 Å². The highest BCUT2D eigenvalue weighted by Gasteiger charge is 2.17. The Morgan fingerprint density at radius 1 is 1.26 bits per heavy atom. The Kier molecular flexibility index (Phi) is 3.39. The largest absolute Gasteiger partial charge is 0.496 e. The number of nitriles is 1. The number of nitrogens with zero attached hydrogens (tertiary/aromatic N) is 1. The van der Waals surface area contributed by atoms with Gasteiger partial charge in [0.15, 0.2) is 0 Å². The van der Waals surface area contributed by atoms with Crippen LogP contribution in [0.5, 0.6) is 5.75 Å². The molecule has 0 radical (unpaired) electrons. The highest BCUT2D eigenvalue weighted by molar-refractivity contribution is 5.78. The number of methoxy groups -OCH3 is 1. The monoisotopic (exact) mass is 254 g/mol. The zero-order valence-corrected chi connectivity index (χ0v) is 11.1. The molecule has 0 saturated carbocycles. The first-order chi connectivity index (χ1) is 9.10. The Morgan fingerprint density at radius 2 is 1.95 bits per heavy atom. The maximum atomic E-state index is 11.9. The van der Waals surface area contributed by atoms with Crippen LogP contribution < -0.4 is 10.3 Å². The van der Waals surface area contributed by atoms with Gasteiger partial charge in [0.2, 0.25) is 0 Å². The molecular formula is C15H14N2O2. The van der Waals surface area contributed by atoms with Crippen LogP contribution in [0.3, 0.4) is 0 Å². The molecule has 1 aromatic heterocycles. The Labute approximate surface area is 111 Å². The van der Waals surface area contributed by atoms with E-state index in [4.69, 9.17) is 4.74 Å². The quantitative estimate of drug-likeness (QED) is 0.895. The number of aryl methyl sites for hydroxylation is 1. The molecule has 96 valence electrons. The molecule has 1 aromatic carbocycles. The van der Waals surface area contributed by atoms with Gasteiger partial charge in [-0.25, -0.2) is 0 Å². The van der Waals surface area contributed by atoms with Crippen molar-refractivity contribution < 1.29 is 4.74 Å². The summed E-state index contributed by atoms with van der Waals surface area (Å²) in [5.41, 5.74) is 2.78. The highest BCUT2D eigenvalue weighted by atomic mass is 16.5. The molecule has 0 aliphatic rings. The third-order valence-corrected chi connectivity index (χ3v) is 3.20. The van der Waals surface area contributed by atoms with Crippen LogP contribution in [-0.2, 0) is 0 Å². The minimum Gasteiger partial charge on any atom is -0.496 e. The van der Waals surface area contributed by atoms with Gasteiger partial charge in [0.1, 0.15) is 17.4 Å². The molecule has 0 amide bonds. The summed E-state index contributed by atoms with van der Waals surface area (Å²) in [6.45, 7) is 3.70. The van der Waals surface area contributed by atoms with Gasteiger partial charge < -0.3 is 9.72 Å². The van der Waals surface area contributed by atoms with Gasteiger partial charge in [-0.15, -0.1) is 0 Å². The Morgan fingerprint density at radius 3 is 2.58 bits per heavy atom. The number of nitrogens with one attached hydrogen (secondary N) is 1. The van der Waals surface area contributed by atoms with E-state index in [0.29, 0.717) is 11.3 Å². The molecule has 4 heteroatoms. The van der Waals surface area contributed by atoms with Crippen molar-refractivity contribution in [2.45, 2.75) is 13.8 Å². The lowest BCUT2D eigenvalue weighted by Crippen LogP contribution is -2.15. The van der Waals surface area contributed by atoms with Crippen molar-refractivity contribution in [2.24, 2.45) is 0 Å². The second-order valence-corrected chi connectivity index (χ2v) is 4.27. The van der Waals surface area contributed by atoms with Crippen molar-refractivity contribution in [3.8, 4) is 22.9 Å². The molecule has 0 aliphatic heterocycles. The Bertz CT molecular complexity index is 724. The van der Waals surface area contributed by atoms with Gasteiger partial charge in [-0.1, -0.05) is 18.2 Å². The average molecular weight is 254 g/mol. The van der Waals surface area contributed by atoms with E-state index in [1.54, 1.807) is 7.11 Å². The third kappa shape index (κ3) is 2.11. The van der Waals surface area contributed by atoms with Gasteiger partial charge >= 0.3 is 0 Å². The van der Waals surface area contributed by atoms with E-state index in [-0.39, 0.29) is 11.1 Å². The summed E-state index contributed by atoms with van der Waals surface area (Å²) in [5, 5.41) is 9.23. The van der Waals surface area contributed by atoms with Crippen LogP contribution in [0.2, 0.25) is 0 Å². The van der Waals surface area contributed by atoms with Gasteiger partial charge in [-0.3, -0.25) is 4.79 Å². The number of hydrogen-bond acceptors (Lipinski definition) is 3. The number of H-pyrrole nitrogens is 1. The van der Waals surface area contributed by atoms with E-state index in [0.717, 1.165) is 16.8 Å². The van der Waals surface area contributed by atoms with Crippen molar-refractivity contribution >= 4 is 0 Å². The lowest BCUT2D eigenvalue weighted by Gasteiger charge is -2.13. The van der Waals surface area contributed by atoms with Crippen LogP contribution in [0.15, 0.2) is 29.1 Å². The van der Waals surface area contributed by atoms with Crippen molar-refractivity contribution in [1.82, 2.24) is 4.98 Å². The van der Waals surface area contributed by atoms with Crippen LogP contribution >= 0.6 is 0 Å². The van der Waals surface area contributed by atoms with Gasteiger partial charge in [0.05, 0.1) is 7.11 Å². The molecule has 19 heavy (non-hydrogen) atoms. The normalized spacial score (nSPS) is 10.0. The topological polar surface area (TPSA) is 65.9 Å². The zero-order chi connectivity index (χ0) is 14.0. The number of aromatic amines is 1. The fraction of sp³-hybridized carbons (Fsp3) is 0.200. The van der Waals surface area contributed by atoms with Crippen LogP contribution in [0.25, 0.3) is 11.1 Å². The van der Waals surface area contributed by atoms with E-state index in [2.05, 4.69) is 4.98 Å². The molecule has 0 aliphatic carbocycles. The molecule has 0 atom stereocenters. The number of hydrogen-bond donors (Lipinski definition) is 1. The predicted octanol–water partition coefficient (Wildman–Crippen LogP) is 2.54. The van der Waals surface area contributed by atoms with Crippen LogP contribution in [0, 0.1) is 25.2 Å². The molecule has 0 spiro atoms. The number of benzene rings is 1. The van der Waals surface area contributed by atoms with Crippen molar-refractivity contribution in [3.05, 3.63) is 51.4 Å². The maximum Gasteiger partial charge on any atom is 0.266 e. The average Bonchev–Trinajstić information content (AvgIpc) is 2.42. The van der Waals surface area contributed by atoms with Crippen molar-refractivity contribution in [2.75, 3.05) is 7.11 Å². The molecule has 1 heterocycles. The first kappa shape index (κ1) is 12.9. The number of pyridine rings is 1. The molecule has 0 saturated heterocycles. The smallest absolute Gasteiger partial charge is 0.266 e. The second-order valence-electron chi connectivity index (χ2n) is 4.27. The highest BCUT2D eigenvalue weighted by Crippen LogP contribution is 2.33. The molecule has 4 nitrogen and oxygen atoms in total. The maximum absolute atomic E-state index is 11.9. The van der Waals surface area contributed by atoms with E-state index in [9.17, 15) is 10.1 Å². The lowest BCUT2D eigenvalue weighted by molar-refractivity contribution is 0.416. The molecule has 0 fully saturated rings. The summed E-state index contributed by atoms with van der Waals surface area (Å²) in [5.74, 6) is 0.645. The summed E-state index contributed by atoms with van der Waals surface area (Å²) in [6, 6.07) is 9.35. The number of ether oxygens (including phenoxy) is 1. The standard InChI is InChI=1S/C15H14N2O2/c1-9-10(2)17-15(18)12(8-16)14(9)11-6-4-5-7-13(11)19-3/h4-7H,1-3H3,(H,17,18). The number of rotatable bonds is 2. The summed E-state index contributed by atoms with van der Waals surface area (Å²) >= 11 is 0. The summed E-state index contributed by atoms with van der Waals surface area (Å²) in [6.07, 6.45) is 0. The molecule has 2 aromatic rings. The molecule has 0 unspecified atom stereocenters. The van der Waals surface area contributed by atoms with Crippen LogP contribution in [-0.4, -0.2) is 12.1 Å². The van der Waals surface area contributed by atoms with Gasteiger partial charge in [-0.05, 0) is 25.5 Å². The summed E-state index contributed by atoms with van der Waals surface area (Å²) in [4.78, 5) is 14.6. The minimum absolute atomic E-state index is 0.118. The third-order valence-electron chi connectivity index (χ3n) is 3.20. The minimum atomic E-state index is -0.369. The molecule has 0 bridgehead atoms. The summed E-state index contributed by atoms with van der Waals surface area (Å²) < 4.78 is 5.31. The fourth-order valence-corrected chi connectivity index (χ4v) is 2.11. The van der Waals surface area contributed by atoms with E-state index >= 15 is 0 Å². The second kappa shape index (κ2) is 4.99. The first-order valence-electron chi connectivity index (χ1n) is 5.87. The molecular weight excluding hydrogens is 240 g/mol. The SMILES string of the molecule is COc1ccccc1-c1c(C)c(C)[nH]c(=O)c1C#N.